The Hall–Kier alpha value is -0.200. The maximum atomic E-state index is 6.07. The first-order valence-electron chi connectivity index (χ1n) is 7.31. The molecular formula is C14H28N2O3. The van der Waals surface area contributed by atoms with Crippen molar-refractivity contribution in [2.24, 2.45) is 5.73 Å². The summed E-state index contributed by atoms with van der Waals surface area (Å²) in [5.41, 5.74) is 5.77. The molecule has 3 unspecified atom stereocenters. The van der Waals surface area contributed by atoms with E-state index in [0.717, 1.165) is 19.6 Å². The zero-order chi connectivity index (χ0) is 13.9. The van der Waals surface area contributed by atoms with Gasteiger partial charge in [-0.1, -0.05) is 12.8 Å². The highest BCUT2D eigenvalue weighted by atomic mass is 16.7. The predicted octanol–water partition coefficient (Wildman–Crippen LogP) is 0.966. The molecule has 0 bridgehead atoms. The molecular weight excluding hydrogens is 244 g/mol. The fourth-order valence-corrected chi connectivity index (χ4v) is 3.68. The first kappa shape index (κ1) is 15.2. The zero-order valence-electron chi connectivity index (χ0n) is 12.4. The molecule has 1 saturated heterocycles. The Labute approximate surface area is 116 Å². The fraction of sp³-hybridized carbons (Fsp3) is 1.00. The van der Waals surface area contributed by atoms with Crippen LogP contribution >= 0.6 is 0 Å². The lowest BCUT2D eigenvalue weighted by molar-refractivity contribution is -0.215. The highest BCUT2D eigenvalue weighted by molar-refractivity contribution is 4.99. The second-order valence-corrected chi connectivity index (χ2v) is 5.82. The average molecular weight is 272 g/mol. The van der Waals surface area contributed by atoms with Crippen LogP contribution < -0.4 is 5.73 Å². The molecule has 112 valence electrons. The van der Waals surface area contributed by atoms with Crippen LogP contribution in [0.3, 0.4) is 0 Å². The Morgan fingerprint density at radius 2 is 2.00 bits per heavy atom. The fourth-order valence-electron chi connectivity index (χ4n) is 3.68. The highest BCUT2D eigenvalue weighted by Gasteiger charge is 2.47. The van der Waals surface area contributed by atoms with E-state index in [9.17, 15) is 0 Å². The number of methoxy groups -OCH3 is 2. The zero-order valence-corrected chi connectivity index (χ0v) is 12.4. The topological polar surface area (TPSA) is 57.0 Å². The Kier molecular flexibility index (Phi) is 5.20. The minimum atomic E-state index is -0.307. The molecule has 0 spiro atoms. The van der Waals surface area contributed by atoms with Crippen molar-refractivity contribution in [1.29, 1.82) is 0 Å². The van der Waals surface area contributed by atoms with Crippen molar-refractivity contribution in [1.82, 2.24) is 4.90 Å². The summed E-state index contributed by atoms with van der Waals surface area (Å²) < 4.78 is 16.9. The number of hydrogen-bond acceptors (Lipinski definition) is 5. The Balaban J connectivity index is 2.20. The predicted molar refractivity (Wildman–Crippen MR) is 74.0 cm³/mol. The van der Waals surface area contributed by atoms with Gasteiger partial charge in [0.25, 0.3) is 0 Å². The van der Waals surface area contributed by atoms with Crippen LogP contribution in [0, 0.1) is 0 Å². The standard InChI is InChI=1S/C14H28N2O3/c1-14(10-15,13(17-2)18-3)16-8-9-19-12-7-5-4-6-11(12)16/h11-13H,4-10,15H2,1-3H3. The van der Waals surface area contributed by atoms with Gasteiger partial charge in [0, 0.05) is 33.4 Å². The third kappa shape index (κ3) is 2.81. The summed E-state index contributed by atoms with van der Waals surface area (Å²) in [7, 11) is 3.36. The molecule has 2 fully saturated rings. The Morgan fingerprint density at radius 1 is 1.32 bits per heavy atom. The summed E-state index contributed by atoms with van der Waals surface area (Å²) in [4.78, 5) is 2.47. The first-order valence-corrected chi connectivity index (χ1v) is 7.31. The summed E-state index contributed by atoms with van der Waals surface area (Å²) in [5.74, 6) is 0. The lowest BCUT2D eigenvalue weighted by Gasteiger charge is -2.53. The number of rotatable bonds is 5. The van der Waals surface area contributed by atoms with E-state index < -0.39 is 0 Å². The van der Waals surface area contributed by atoms with Crippen LogP contribution in [0.2, 0.25) is 0 Å². The molecule has 5 heteroatoms. The van der Waals surface area contributed by atoms with Crippen molar-refractivity contribution in [2.45, 2.75) is 56.6 Å². The normalized spacial score (nSPS) is 32.1. The van der Waals surface area contributed by atoms with E-state index >= 15 is 0 Å². The van der Waals surface area contributed by atoms with Gasteiger partial charge in [-0.2, -0.15) is 0 Å². The number of morpholine rings is 1. The van der Waals surface area contributed by atoms with Gasteiger partial charge in [0.1, 0.15) is 0 Å². The lowest BCUT2D eigenvalue weighted by Crippen LogP contribution is -2.68. The van der Waals surface area contributed by atoms with E-state index in [0.29, 0.717) is 18.7 Å². The SMILES string of the molecule is COC(OC)C(C)(CN)N1CCOC2CCCCC21. The highest BCUT2D eigenvalue weighted by Crippen LogP contribution is 2.34. The second-order valence-electron chi connectivity index (χ2n) is 5.82. The molecule has 3 atom stereocenters. The number of hydrogen-bond donors (Lipinski definition) is 1. The molecule has 1 aliphatic heterocycles. The maximum absolute atomic E-state index is 6.07. The Bertz CT molecular complexity index is 284. The summed E-state index contributed by atoms with van der Waals surface area (Å²) in [6.45, 7) is 4.33. The van der Waals surface area contributed by atoms with Crippen LogP contribution in [0.15, 0.2) is 0 Å². The van der Waals surface area contributed by atoms with E-state index in [1.54, 1.807) is 14.2 Å². The van der Waals surface area contributed by atoms with Crippen LogP contribution in [-0.4, -0.2) is 62.8 Å². The van der Waals surface area contributed by atoms with E-state index in [-0.39, 0.29) is 11.8 Å². The third-order valence-electron chi connectivity index (χ3n) is 4.74. The minimum Gasteiger partial charge on any atom is -0.375 e. The van der Waals surface area contributed by atoms with Gasteiger partial charge in [-0.3, -0.25) is 4.90 Å². The molecule has 0 aromatic rings. The minimum absolute atomic E-state index is 0.298. The van der Waals surface area contributed by atoms with Gasteiger partial charge < -0.3 is 19.9 Å². The van der Waals surface area contributed by atoms with Gasteiger partial charge >= 0.3 is 0 Å². The van der Waals surface area contributed by atoms with Crippen molar-refractivity contribution in [3.8, 4) is 0 Å². The van der Waals surface area contributed by atoms with Crippen LogP contribution in [-0.2, 0) is 14.2 Å². The molecule has 0 amide bonds. The number of nitrogens with zero attached hydrogens (tertiary/aromatic N) is 1. The number of fused-ring (bicyclic) bond motifs is 1. The quantitative estimate of drug-likeness (QED) is 0.756. The summed E-state index contributed by atoms with van der Waals surface area (Å²) in [5, 5.41) is 0. The molecule has 1 heterocycles. The number of nitrogens with two attached hydrogens (primary N) is 1. The van der Waals surface area contributed by atoms with Gasteiger partial charge in [0.05, 0.1) is 18.2 Å². The second kappa shape index (κ2) is 6.50. The molecule has 0 radical (unpaired) electrons. The summed E-state index contributed by atoms with van der Waals surface area (Å²) in [6, 6.07) is 0.448. The lowest BCUT2D eigenvalue weighted by atomic mass is 9.85. The smallest absolute Gasteiger partial charge is 0.176 e. The largest absolute Gasteiger partial charge is 0.375 e. The summed E-state index contributed by atoms with van der Waals surface area (Å²) >= 11 is 0. The van der Waals surface area contributed by atoms with Crippen molar-refractivity contribution in [2.75, 3.05) is 33.9 Å². The monoisotopic (exact) mass is 272 g/mol. The van der Waals surface area contributed by atoms with Crippen LogP contribution in [0.4, 0.5) is 0 Å². The van der Waals surface area contributed by atoms with Crippen molar-refractivity contribution < 1.29 is 14.2 Å². The molecule has 19 heavy (non-hydrogen) atoms. The average Bonchev–Trinajstić information content (AvgIpc) is 2.47. The van der Waals surface area contributed by atoms with Gasteiger partial charge in [-0.05, 0) is 19.8 Å². The van der Waals surface area contributed by atoms with Crippen molar-refractivity contribution in [3.05, 3.63) is 0 Å². The van der Waals surface area contributed by atoms with Crippen molar-refractivity contribution >= 4 is 0 Å². The third-order valence-corrected chi connectivity index (χ3v) is 4.74. The molecule has 2 N–H and O–H groups in total. The molecule has 1 aliphatic carbocycles. The maximum Gasteiger partial charge on any atom is 0.176 e. The van der Waals surface area contributed by atoms with Crippen LogP contribution in [0.1, 0.15) is 32.6 Å². The molecule has 1 saturated carbocycles. The van der Waals surface area contributed by atoms with E-state index in [1.807, 2.05) is 0 Å². The van der Waals surface area contributed by atoms with Crippen molar-refractivity contribution in [3.63, 3.8) is 0 Å². The molecule has 5 nitrogen and oxygen atoms in total. The van der Waals surface area contributed by atoms with Crippen LogP contribution in [0.25, 0.3) is 0 Å². The molecule has 2 aliphatic rings. The molecule has 0 aromatic heterocycles. The van der Waals surface area contributed by atoms with E-state index in [4.69, 9.17) is 19.9 Å². The first-order chi connectivity index (χ1) is 9.17. The van der Waals surface area contributed by atoms with Gasteiger partial charge in [0.15, 0.2) is 6.29 Å². The van der Waals surface area contributed by atoms with E-state index in [1.165, 1.54) is 19.3 Å². The van der Waals surface area contributed by atoms with Crippen LogP contribution in [0.5, 0.6) is 0 Å². The Morgan fingerprint density at radius 3 is 2.63 bits per heavy atom. The number of ether oxygens (including phenoxy) is 3. The van der Waals surface area contributed by atoms with Gasteiger partial charge in [0.2, 0.25) is 0 Å². The summed E-state index contributed by atoms with van der Waals surface area (Å²) in [6.07, 6.45) is 4.92. The van der Waals surface area contributed by atoms with Gasteiger partial charge in [-0.25, -0.2) is 0 Å². The molecule has 2 rings (SSSR count). The molecule has 0 aromatic carbocycles. The van der Waals surface area contributed by atoms with E-state index in [2.05, 4.69) is 11.8 Å². The van der Waals surface area contributed by atoms with Gasteiger partial charge in [-0.15, -0.1) is 0 Å².